The molecule has 4 heteroatoms. The first-order chi connectivity index (χ1) is 11.9. The van der Waals surface area contributed by atoms with Gasteiger partial charge in [-0.1, -0.05) is 53.7 Å². The zero-order valence-electron chi connectivity index (χ0n) is 16.4. The summed E-state index contributed by atoms with van der Waals surface area (Å²) in [5, 5.41) is 19.8. The normalized spacial score (nSPS) is 12.2. The first kappa shape index (κ1) is 20.4. The van der Waals surface area contributed by atoms with Crippen LogP contribution in [0.25, 0.3) is 0 Å². The molecule has 140 valence electrons. The molecule has 3 nitrogen and oxygen atoms in total. The van der Waals surface area contributed by atoms with Crippen molar-refractivity contribution in [1.29, 1.82) is 0 Å². The van der Waals surface area contributed by atoms with Crippen molar-refractivity contribution in [2.24, 2.45) is 0 Å². The van der Waals surface area contributed by atoms with E-state index in [9.17, 15) is 9.90 Å². The van der Waals surface area contributed by atoms with Gasteiger partial charge in [0.25, 0.3) is 0 Å². The third-order valence-electron chi connectivity index (χ3n) is 4.31. The van der Waals surface area contributed by atoms with E-state index in [1.54, 1.807) is 23.9 Å². The Hall–Kier alpha value is -1.94. The molecule has 0 radical (unpaired) electrons. The van der Waals surface area contributed by atoms with Crippen LogP contribution in [0.1, 0.15) is 68.6 Å². The highest BCUT2D eigenvalue weighted by Gasteiger charge is 2.26. The van der Waals surface area contributed by atoms with E-state index in [2.05, 4.69) is 53.7 Å². The number of benzene rings is 2. The molecule has 0 heterocycles. The fourth-order valence-electron chi connectivity index (χ4n) is 2.74. The fourth-order valence-corrected chi connectivity index (χ4v) is 3.67. The van der Waals surface area contributed by atoms with Gasteiger partial charge < -0.3 is 10.2 Å². The minimum Gasteiger partial charge on any atom is -0.507 e. The molecule has 2 aromatic rings. The Labute approximate surface area is 160 Å². The number of phenolic OH excluding ortho intramolecular Hbond substituents is 1. The number of carbonyl (C=O) groups is 1. The molecule has 0 unspecified atom stereocenters. The van der Waals surface area contributed by atoms with Crippen LogP contribution in [0, 0.1) is 0 Å². The number of phenols is 1. The number of carboxylic acid groups (broad SMARTS) is 1. The summed E-state index contributed by atoms with van der Waals surface area (Å²) in [5.74, 6) is 0.227. The lowest BCUT2D eigenvalue weighted by Gasteiger charge is -2.28. The molecular weight excluding hydrogens is 344 g/mol. The van der Waals surface area contributed by atoms with Gasteiger partial charge >= 0.3 is 5.97 Å². The first-order valence-electron chi connectivity index (χ1n) is 8.72. The van der Waals surface area contributed by atoms with E-state index in [1.165, 1.54) is 0 Å². The molecule has 0 aliphatic rings. The van der Waals surface area contributed by atoms with E-state index < -0.39 is 5.97 Å². The smallest absolute Gasteiger partial charge is 0.335 e. The van der Waals surface area contributed by atoms with Gasteiger partial charge in [0.2, 0.25) is 0 Å². The maximum atomic E-state index is 11.0. The monoisotopic (exact) mass is 372 g/mol. The minimum absolute atomic E-state index is 0.149. The lowest BCUT2D eigenvalue weighted by atomic mass is 9.79. The molecule has 2 rings (SSSR count). The summed E-state index contributed by atoms with van der Waals surface area (Å²) in [6.45, 7) is 12.6. The average Bonchev–Trinajstić information content (AvgIpc) is 2.52. The zero-order chi connectivity index (χ0) is 19.7. The van der Waals surface area contributed by atoms with E-state index in [1.807, 2.05) is 12.1 Å². The van der Waals surface area contributed by atoms with Crippen LogP contribution in [0.5, 0.6) is 5.75 Å². The number of hydrogen-bond acceptors (Lipinski definition) is 3. The molecule has 2 aromatic carbocycles. The van der Waals surface area contributed by atoms with Crippen molar-refractivity contribution in [1.82, 2.24) is 0 Å². The zero-order valence-corrected chi connectivity index (χ0v) is 17.2. The van der Waals surface area contributed by atoms with Crippen LogP contribution in [0.2, 0.25) is 0 Å². The summed E-state index contributed by atoms with van der Waals surface area (Å²) < 4.78 is 0. The lowest BCUT2D eigenvalue weighted by molar-refractivity contribution is 0.0697. The second-order valence-electron chi connectivity index (χ2n) is 8.66. The molecule has 26 heavy (non-hydrogen) atoms. The quantitative estimate of drug-likeness (QED) is 0.648. The summed E-state index contributed by atoms with van der Waals surface area (Å²) in [6, 6.07) is 11.1. The summed E-state index contributed by atoms with van der Waals surface area (Å²) in [6.07, 6.45) is 0. The maximum absolute atomic E-state index is 11.0. The standard InChI is InChI=1S/C22H28O3S/c1-21(2,3)17-11-16(12-18(19(17)23)22(4,5)6)26-13-14-7-9-15(10-8-14)20(24)25/h7-12,23H,13H2,1-6H3,(H,24,25). The topological polar surface area (TPSA) is 57.5 Å². The Morgan fingerprint density at radius 2 is 1.38 bits per heavy atom. The number of hydrogen-bond donors (Lipinski definition) is 2. The second kappa shape index (κ2) is 7.36. The largest absolute Gasteiger partial charge is 0.507 e. The molecule has 0 fully saturated rings. The van der Waals surface area contributed by atoms with Crippen molar-refractivity contribution < 1.29 is 15.0 Å². The average molecular weight is 373 g/mol. The molecule has 0 saturated heterocycles. The van der Waals surface area contributed by atoms with Gasteiger partial charge in [-0.25, -0.2) is 4.79 Å². The van der Waals surface area contributed by atoms with Gasteiger partial charge in [-0.05, 0) is 40.7 Å². The molecule has 0 amide bonds. The van der Waals surface area contributed by atoms with E-state index in [0.717, 1.165) is 27.3 Å². The van der Waals surface area contributed by atoms with E-state index in [0.29, 0.717) is 11.3 Å². The summed E-state index contributed by atoms with van der Waals surface area (Å²) in [7, 11) is 0. The molecular formula is C22H28O3S. The summed E-state index contributed by atoms with van der Waals surface area (Å²) in [5.41, 5.74) is 2.98. The van der Waals surface area contributed by atoms with Crippen molar-refractivity contribution in [2.45, 2.75) is 63.0 Å². The third kappa shape index (κ3) is 4.82. The van der Waals surface area contributed by atoms with Crippen LogP contribution >= 0.6 is 11.8 Å². The molecule has 0 spiro atoms. The van der Waals surface area contributed by atoms with Gasteiger partial charge in [0.1, 0.15) is 5.75 Å². The number of aromatic hydroxyl groups is 1. The Bertz CT molecular complexity index is 759. The van der Waals surface area contributed by atoms with Crippen LogP contribution in [0.4, 0.5) is 0 Å². The maximum Gasteiger partial charge on any atom is 0.335 e. The van der Waals surface area contributed by atoms with Crippen molar-refractivity contribution in [2.75, 3.05) is 0 Å². The number of thioether (sulfide) groups is 1. The van der Waals surface area contributed by atoms with Gasteiger partial charge in [0.05, 0.1) is 5.56 Å². The van der Waals surface area contributed by atoms with Crippen LogP contribution in [-0.4, -0.2) is 16.2 Å². The summed E-state index contributed by atoms with van der Waals surface area (Å²) >= 11 is 1.70. The first-order valence-corrected chi connectivity index (χ1v) is 9.71. The minimum atomic E-state index is -0.910. The van der Waals surface area contributed by atoms with Gasteiger partial charge in [0.15, 0.2) is 0 Å². The van der Waals surface area contributed by atoms with Crippen LogP contribution in [0.15, 0.2) is 41.3 Å². The highest BCUT2D eigenvalue weighted by atomic mass is 32.2. The van der Waals surface area contributed by atoms with Crippen molar-refractivity contribution in [3.63, 3.8) is 0 Å². The molecule has 0 aromatic heterocycles. The SMILES string of the molecule is CC(C)(C)c1cc(SCc2ccc(C(=O)O)cc2)cc(C(C)(C)C)c1O. The molecule has 0 aliphatic heterocycles. The van der Waals surface area contributed by atoms with E-state index in [-0.39, 0.29) is 10.8 Å². The Balaban J connectivity index is 2.32. The van der Waals surface area contributed by atoms with Crippen molar-refractivity contribution >= 4 is 17.7 Å². The van der Waals surface area contributed by atoms with Gasteiger partial charge in [-0.15, -0.1) is 11.8 Å². The summed E-state index contributed by atoms with van der Waals surface area (Å²) in [4.78, 5) is 12.1. The Morgan fingerprint density at radius 1 is 0.923 bits per heavy atom. The van der Waals surface area contributed by atoms with E-state index in [4.69, 9.17) is 5.11 Å². The van der Waals surface area contributed by atoms with Gasteiger partial charge in [-0.3, -0.25) is 0 Å². The molecule has 2 N–H and O–H groups in total. The molecule has 0 bridgehead atoms. The van der Waals surface area contributed by atoms with Crippen molar-refractivity contribution in [3.8, 4) is 5.75 Å². The Morgan fingerprint density at radius 3 is 1.77 bits per heavy atom. The Kier molecular flexibility index (Phi) is 5.76. The number of rotatable bonds is 4. The predicted molar refractivity (Wildman–Crippen MR) is 108 cm³/mol. The van der Waals surface area contributed by atoms with Crippen molar-refractivity contribution in [3.05, 3.63) is 58.7 Å². The highest BCUT2D eigenvalue weighted by Crippen LogP contribution is 2.42. The molecule has 0 aliphatic carbocycles. The highest BCUT2D eigenvalue weighted by molar-refractivity contribution is 7.98. The second-order valence-corrected chi connectivity index (χ2v) is 9.71. The van der Waals surface area contributed by atoms with Gasteiger partial charge in [0, 0.05) is 21.8 Å². The van der Waals surface area contributed by atoms with Crippen LogP contribution < -0.4 is 0 Å². The van der Waals surface area contributed by atoms with Crippen LogP contribution in [0.3, 0.4) is 0 Å². The fraction of sp³-hybridized carbons (Fsp3) is 0.409. The molecule has 0 atom stereocenters. The molecule has 0 saturated carbocycles. The lowest BCUT2D eigenvalue weighted by Crippen LogP contribution is -2.17. The third-order valence-corrected chi connectivity index (χ3v) is 5.35. The van der Waals surface area contributed by atoms with Gasteiger partial charge in [-0.2, -0.15) is 0 Å². The number of aromatic carboxylic acids is 1. The number of carboxylic acids is 1. The van der Waals surface area contributed by atoms with Crippen LogP contribution in [-0.2, 0) is 16.6 Å². The predicted octanol–water partition coefficient (Wildman–Crippen LogP) is 5.98. The van der Waals surface area contributed by atoms with E-state index >= 15 is 0 Å².